The second-order valence-corrected chi connectivity index (χ2v) is 1.78. The van der Waals surface area contributed by atoms with Gasteiger partial charge in [0, 0.05) is 6.54 Å². The summed E-state index contributed by atoms with van der Waals surface area (Å²) in [6.07, 6.45) is 3.72. The Hall–Kier alpha value is -0.120. The molecule has 0 aromatic heterocycles. The van der Waals surface area contributed by atoms with Gasteiger partial charge in [0.15, 0.2) is 0 Å². The summed E-state index contributed by atoms with van der Waals surface area (Å²) in [5, 5.41) is 0. The van der Waals surface area contributed by atoms with Crippen LogP contribution in [0.4, 0.5) is 0 Å². The molecule has 4 N–H and O–H groups in total. The summed E-state index contributed by atoms with van der Waals surface area (Å²) in [6.45, 7) is 3.14. The van der Waals surface area contributed by atoms with Crippen molar-refractivity contribution in [2.45, 2.75) is 26.2 Å². The van der Waals surface area contributed by atoms with Gasteiger partial charge in [-0.25, -0.2) is 5.43 Å². The maximum Gasteiger partial charge on any atom is 0.0113 e. The summed E-state index contributed by atoms with van der Waals surface area (Å²) in [4.78, 5) is 0. The molecule has 0 aliphatic rings. The van der Waals surface area contributed by atoms with Gasteiger partial charge in [-0.05, 0) is 6.42 Å². The Morgan fingerprint density at radius 3 is 2.62 bits per heavy atom. The fourth-order valence-corrected chi connectivity index (χ4v) is 0.536. The summed E-state index contributed by atoms with van der Waals surface area (Å²) in [6, 6.07) is 0. The minimum absolute atomic E-state index is 0.963. The zero-order chi connectivity index (χ0) is 6.24. The molecule has 3 nitrogen and oxygen atoms in total. The summed E-state index contributed by atoms with van der Waals surface area (Å²) in [7, 11) is 0. The molecule has 0 rings (SSSR count). The Morgan fingerprint density at radius 2 is 2.12 bits per heavy atom. The molecular formula is C5H15N3. The van der Waals surface area contributed by atoms with Crippen molar-refractivity contribution in [1.29, 1.82) is 0 Å². The van der Waals surface area contributed by atoms with Gasteiger partial charge >= 0.3 is 0 Å². The summed E-state index contributed by atoms with van der Waals surface area (Å²) in [5.74, 6) is 4.95. The van der Waals surface area contributed by atoms with Crippen LogP contribution in [0.5, 0.6) is 0 Å². The third-order valence-electron chi connectivity index (χ3n) is 1.01. The van der Waals surface area contributed by atoms with E-state index in [0.717, 1.165) is 6.54 Å². The number of hydrogen-bond donors (Lipinski definition) is 3. The van der Waals surface area contributed by atoms with E-state index in [9.17, 15) is 0 Å². The quantitative estimate of drug-likeness (QED) is 0.273. The molecule has 0 unspecified atom stereocenters. The highest BCUT2D eigenvalue weighted by atomic mass is 15.5. The van der Waals surface area contributed by atoms with Crippen molar-refractivity contribution in [1.82, 2.24) is 11.0 Å². The Kier molecular flexibility index (Phi) is 6.78. The molecule has 0 heterocycles. The average molecular weight is 117 g/mol. The lowest BCUT2D eigenvalue weighted by Gasteiger charge is -1.98. The maximum atomic E-state index is 4.95. The SMILES string of the molecule is CCCCCNNN. The molecule has 0 aliphatic heterocycles. The second-order valence-electron chi connectivity index (χ2n) is 1.78. The van der Waals surface area contributed by atoms with Crippen molar-refractivity contribution in [2.24, 2.45) is 5.84 Å². The van der Waals surface area contributed by atoms with Gasteiger partial charge in [-0.1, -0.05) is 19.8 Å². The van der Waals surface area contributed by atoms with E-state index in [1.807, 2.05) is 0 Å². The first kappa shape index (κ1) is 7.88. The van der Waals surface area contributed by atoms with Crippen molar-refractivity contribution < 1.29 is 0 Å². The molecule has 0 fully saturated rings. The molecule has 0 amide bonds. The van der Waals surface area contributed by atoms with E-state index in [1.165, 1.54) is 19.3 Å². The second kappa shape index (κ2) is 6.88. The van der Waals surface area contributed by atoms with Crippen molar-refractivity contribution in [3.05, 3.63) is 0 Å². The molecular weight excluding hydrogens is 102 g/mol. The number of hydrazine groups is 2. The van der Waals surface area contributed by atoms with Gasteiger partial charge in [0.1, 0.15) is 0 Å². The molecule has 0 saturated carbocycles. The number of unbranched alkanes of at least 4 members (excludes halogenated alkanes) is 2. The van der Waals surface area contributed by atoms with Crippen LogP contribution in [0.3, 0.4) is 0 Å². The normalized spacial score (nSPS) is 9.75. The van der Waals surface area contributed by atoms with Gasteiger partial charge in [0.05, 0.1) is 0 Å². The van der Waals surface area contributed by atoms with Crippen molar-refractivity contribution >= 4 is 0 Å². The molecule has 0 bridgehead atoms. The highest BCUT2D eigenvalue weighted by Gasteiger charge is 1.81. The molecule has 50 valence electrons. The first-order valence-corrected chi connectivity index (χ1v) is 3.10. The summed E-state index contributed by atoms with van der Waals surface area (Å²) in [5.41, 5.74) is 5.19. The van der Waals surface area contributed by atoms with E-state index in [4.69, 9.17) is 5.84 Å². The zero-order valence-electron chi connectivity index (χ0n) is 5.41. The predicted molar refractivity (Wildman–Crippen MR) is 34.9 cm³/mol. The third-order valence-corrected chi connectivity index (χ3v) is 1.01. The zero-order valence-corrected chi connectivity index (χ0v) is 5.41. The van der Waals surface area contributed by atoms with Gasteiger partial charge in [-0.15, -0.1) is 0 Å². The number of nitrogens with two attached hydrogens (primary N) is 1. The smallest absolute Gasteiger partial charge is 0.0113 e. The van der Waals surface area contributed by atoms with Crippen LogP contribution in [0.1, 0.15) is 26.2 Å². The lowest BCUT2D eigenvalue weighted by molar-refractivity contribution is 0.526. The van der Waals surface area contributed by atoms with Crippen molar-refractivity contribution in [2.75, 3.05) is 6.54 Å². The average Bonchev–Trinajstić information content (AvgIpc) is 1.81. The number of hydrogen-bond acceptors (Lipinski definition) is 3. The fourth-order valence-electron chi connectivity index (χ4n) is 0.536. The lowest BCUT2D eigenvalue weighted by atomic mass is 10.3. The summed E-state index contributed by atoms with van der Waals surface area (Å²) >= 11 is 0. The monoisotopic (exact) mass is 117 g/mol. The van der Waals surface area contributed by atoms with E-state index in [0.29, 0.717) is 0 Å². The molecule has 8 heavy (non-hydrogen) atoms. The van der Waals surface area contributed by atoms with E-state index >= 15 is 0 Å². The lowest BCUT2D eigenvalue weighted by Crippen LogP contribution is -2.38. The minimum Gasteiger partial charge on any atom is -0.258 e. The van der Waals surface area contributed by atoms with Crippen LogP contribution in [-0.4, -0.2) is 6.54 Å². The first-order chi connectivity index (χ1) is 3.91. The van der Waals surface area contributed by atoms with Crippen LogP contribution >= 0.6 is 0 Å². The van der Waals surface area contributed by atoms with Crippen LogP contribution in [0.25, 0.3) is 0 Å². The Balaban J connectivity index is 2.53. The highest BCUT2D eigenvalue weighted by Crippen LogP contribution is 1.89. The fraction of sp³-hybridized carbons (Fsp3) is 1.00. The predicted octanol–water partition coefficient (Wildman–Crippen LogP) is 0.145. The van der Waals surface area contributed by atoms with Gasteiger partial charge in [-0.3, -0.25) is 5.84 Å². The summed E-state index contributed by atoms with van der Waals surface area (Å²) < 4.78 is 0. The van der Waals surface area contributed by atoms with E-state index in [1.54, 1.807) is 0 Å². The molecule has 0 saturated heterocycles. The molecule has 0 aromatic carbocycles. The van der Waals surface area contributed by atoms with E-state index in [2.05, 4.69) is 17.9 Å². The Bertz CT molecular complexity index is 32.7. The van der Waals surface area contributed by atoms with Crippen LogP contribution < -0.4 is 16.8 Å². The standard InChI is InChI=1S/C5H15N3/c1-2-3-4-5-7-8-6/h7-8H,2-6H2,1H3. The molecule has 0 spiro atoms. The third kappa shape index (κ3) is 5.88. The van der Waals surface area contributed by atoms with Crippen LogP contribution in [0, 0.1) is 0 Å². The number of nitrogens with one attached hydrogen (secondary N) is 2. The molecule has 0 atom stereocenters. The van der Waals surface area contributed by atoms with E-state index in [-0.39, 0.29) is 0 Å². The molecule has 3 heteroatoms. The van der Waals surface area contributed by atoms with Crippen LogP contribution in [-0.2, 0) is 0 Å². The maximum absolute atomic E-state index is 4.95. The van der Waals surface area contributed by atoms with Crippen molar-refractivity contribution in [3.8, 4) is 0 Å². The number of rotatable bonds is 5. The largest absolute Gasteiger partial charge is 0.258 e. The topological polar surface area (TPSA) is 50.1 Å². The Morgan fingerprint density at radius 1 is 1.38 bits per heavy atom. The molecule has 0 aliphatic carbocycles. The first-order valence-electron chi connectivity index (χ1n) is 3.10. The van der Waals surface area contributed by atoms with Gasteiger partial charge in [0.2, 0.25) is 0 Å². The van der Waals surface area contributed by atoms with Crippen LogP contribution in [0.2, 0.25) is 0 Å². The van der Waals surface area contributed by atoms with Gasteiger partial charge < -0.3 is 0 Å². The Labute approximate surface area is 50.6 Å². The molecule has 0 aromatic rings. The van der Waals surface area contributed by atoms with E-state index < -0.39 is 0 Å². The minimum atomic E-state index is 0.963. The highest BCUT2D eigenvalue weighted by molar-refractivity contribution is 4.38. The van der Waals surface area contributed by atoms with Gasteiger partial charge in [-0.2, -0.15) is 5.53 Å². The van der Waals surface area contributed by atoms with Crippen molar-refractivity contribution in [3.63, 3.8) is 0 Å². The van der Waals surface area contributed by atoms with Crippen LogP contribution in [0.15, 0.2) is 0 Å². The molecule has 0 radical (unpaired) electrons. The van der Waals surface area contributed by atoms with Gasteiger partial charge in [0.25, 0.3) is 0 Å².